The molecule has 2 N–H and O–H groups in total. The number of fused-ring (bicyclic) bond motifs is 5. The fourth-order valence-electron chi connectivity index (χ4n) is 10.0. The second-order valence-electron chi connectivity index (χ2n) is 14.0. The number of rotatable bonds is 11. The number of hydrogen-bond acceptors (Lipinski definition) is 7. The first kappa shape index (κ1) is 33.7. The number of nitrogens with zero attached hydrogens (tertiary/aromatic N) is 3. The van der Waals surface area contributed by atoms with E-state index in [1.54, 1.807) is 12.2 Å². The van der Waals surface area contributed by atoms with Crippen molar-refractivity contribution in [1.82, 2.24) is 10.6 Å². The molecule has 244 valence electrons. The van der Waals surface area contributed by atoms with Gasteiger partial charge in [-0.3, -0.25) is 4.79 Å². The van der Waals surface area contributed by atoms with E-state index in [0.717, 1.165) is 44.9 Å². The maximum Gasteiger partial charge on any atom is 0.407 e. The van der Waals surface area contributed by atoms with Gasteiger partial charge in [0.1, 0.15) is 13.2 Å². The van der Waals surface area contributed by atoms with Gasteiger partial charge in [0.05, 0.1) is 7.11 Å². The fourth-order valence-corrected chi connectivity index (χ4v) is 10.0. The third kappa shape index (κ3) is 6.58. The van der Waals surface area contributed by atoms with Crippen molar-refractivity contribution in [2.24, 2.45) is 51.5 Å². The zero-order valence-electron chi connectivity index (χ0n) is 26.8. The molecule has 0 radical (unpaired) electrons. The van der Waals surface area contributed by atoms with Crippen molar-refractivity contribution in [3.8, 4) is 0 Å². The minimum Gasteiger partial charge on any atom is -0.469 e. The van der Waals surface area contributed by atoms with E-state index in [0.29, 0.717) is 12.8 Å². The fraction of sp³-hybridized carbons (Fsp3) is 0.788. The van der Waals surface area contributed by atoms with Crippen LogP contribution in [0, 0.1) is 46.3 Å². The smallest absolute Gasteiger partial charge is 0.407 e. The van der Waals surface area contributed by atoms with E-state index in [-0.39, 0.29) is 83.6 Å². The Balaban J connectivity index is 1.73. The lowest BCUT2D eigenvalue weighted by Crippen LogP contribution is -2.67. The molecule has 2 amide bonds. The zero-order chi connectivity index (χ0) is 32.1. The summed E-state index contributed by atoms with van der Waals surface area (Å²) in [5.74, 6) is 1.11. The van der Waals surface area contributed by atoms with Gasteiger partial charge in [0, 0.05) is 29.5 Å². The molecule has 0 heterocycles. The molecule has 0 aliphatic heterocycles. The first-order valence-electron chi connectivity index (χ1n) is 16.2. The molecule has 11 nitrogen and oxygen atoms in total. The lowest BCUT2D eigenvalue weighted by Gasteiger charge is -2.65. The topological polar surface area (TPSA) is 152 Å². The Morgan fingerprint density at radius 1 is 1.02 bits per heavy atom. The van der Waals surface area contributed by atoms with E-state index < -0.39 is 12.2 Å². The Morgan fingerprint density at radius 3 is 2.34 bits per heavy atom. The van der Waals surface area contributed by atoms with Crippen LogP contribution in [-0.2, 0) is 19.0 Å². The van der Waals surface area contributed by atoms with E-state index in [1.165, 1.54) is 7.11 Å². The number of carbonyl (C=O) groups excluding carboxylic acids is 3. The number of esters is 1. The third-order valence-electron chi connectivity index (χ3n) is 12.1. The summed E-state index contributed by atoms with van der Waals surface area (Å²) in [5, 5.41) is 10.6. The number of hydrogen-bond donors (Lipinski definition) is 2. The van der Waals surface area contributed by atoms with Gasteiger partial charge in [-0.2, -0.15) is 0 Å². The quantitative estimate of drug-likeness (QED) is 0.0661. The van der Waals surface area contributed by atoms with Gasteiger partial charge in [0.2, 0.25) is 0 Å². The Labute approximate surface area is 261 Å². The summed E-state index contributed by atoms with van der Waals surface area (Å²) < 4.78 is 15.8. The number of nitrogens with one attached hydrogen (secondary N) is 2. The summed E-state index contributed by atoms with van der Waals surface area (Å²) in [6, 6.07) is -0.341. The number of methoxy groups -OCH3 is 1. The Bertz CT molecular complexity index is 1140. The highest BCUT2D eigenvalue weighted by molar-refractivity contribution is 5.69. The van der Waals surface area contributed by atoms with Crippen molar-refractivity contribution in [2.75, 3.05) is 20.3 Å². The Hall–Kier alpha value is -3.20. The summed E-state index contributed by atoms with van der Waals surface area (Å²) in [5.41, 5.74) is 8.84. The summed E-state index contributed by atoms with van der Waals surface area (Å²) in [6.45, 7) is 14.5. The lowest BCUT2D eigenvalue weighted by atomic mass is 9.42. The van der Waals surface area contributed by atoms with E-state index in [9.17, 15) is 19.9 Å². The van der Waals surface area contributed by atoms with Crippen molar-refractivity contribution in [3.05, 3.63) is 35.8 Å². The van der Waals surface area contributed by atoms with Crippen molar-refractivity contribution in [2.45, 2.75) is 96.7 Å². The predicted molar refractivity (Wildman–Crippen MR) is 166 cm³/mol. The van der Waals surface area contributed by atoms with Crippen molar-refractivity contribution in [1.29, 1.82) is 0 Å². The highest BCUT2D eigenvalue weighted by Gasteiger charge is 2.66. The van der Waals surface area contributed by atoms with Crippen LogP contribution in [0.3, 0.4) is 0 Å². The van der Waals surface area contributed by atoms with Crippen LogP contribution in [0.15, 0.2) is 30.4 Å². The monoisotopic (exact) mass is 613 g/mol. The van der Waals surface area contributed by atoms with Gasteiger partial charge < -0.3 is 24.8 Å². The molecule has 0 bridgehead atoms. The molecule has 0 aromatic carbocycles. The van der Waals surface area contributed by atoms with E-state index in [4.69, 9.17) is 14.2 Å². The SMILES string of the molecule is C=CCOC(=O)N[C@H]1C[C@H]2[C@@H]([C@H](NC(=O)OCC=C)C[C@@H]3C[C@H](N=[N+]=[N-])CC[C@@]32C)[C@@H]2CC[C@H]([C@H](C)CCC(=O)OC)[C@@]12C. The minimum absolute atomic E-state index is 0.0454. The van der Waals surface area contributed by atoms with E-state index in [1.807, 2.05) is 0 Å². The summed E-state index contributed by atoms with van der Waals surface area (Å²) in [6.07, 6.45) is 9.28. The molecular formula is C33H51N5O6. The van der Waals surface area contributed by atoms with Crippen LogP contribution in [0.25, 0.3) is 10.4 Å². The summed E-state index contributed by atoms with van der Waals surface area (Å²) in [7, 11) is 1.42. The van der Waals surface area contributed by atoms with Gasteiger partial charge >= 0.3 is 18.2 Å². The average Bonchev–Trinajstić information content (AvgIpc) is 3.36. The van der Waals surface area contributed by atoms with Crippen LogP contribution in [0.2, 0.25) is 0 Å². The second kappa shape index (κ2) is 14.3. The van der Waals surface area contributed by atoms with Crippen LogP contribution < -0.4 is 10.6 Å². The van der Waals surface area contributed by atoms with Gasteiger partial charge in [-0.25, -0.2) is 9.59 Å². The Kier molecular flexibility index (Phi) is 10.9. The van der Waals surface area contributed by atoms with Crippen LogP contribution >= 0.6 is 0 Å². The summed E-state index contributed by atoms with van der Waals surface area (Å²) in [4.78, 5) is 41.3. The van der Waals surface area contributed by atoms with Gasteiger partial charge in [0.15, 0.2) is 0 Å². The molecule has 4 aliphatic rings. The molecule has 0 saturated heterocycles. The minimum atomic E-state index is -0.451. The molecule has 0 aromatic heterocycles. The van der Waals surface area contributed by atoms with Gasteiger partial charge in [-0.05, 0) is 103 Å². The van der Waals surface area contributed by atoms with Crippen LogP contribution in [-0.4, -0.2) is 56.6 Å². The molecule has 4 rings (SSSR count). The first-order chi connectivity index (χ1) is 21.0. The molecule has 0 unspecified atom stereocenters. The maximum absolute atomic E-state index is 13.1. The number of ether oxygens (including phenoxy) is 3. The number of carbonyl (C=O) groups is 3. The van der Waals surface area contributed by atoms with Crippen molar-refractivity contribution >= 4 is 18.2 Å². The molecule has 0 spiro atoms. The molecule has 44 heavy (non-hydrogen) atoms. The second-order valence-corrected chi connectivity index (χ2v) is 14.0. The number of azide groups is 1. The molecule has 11 atom stereocenters. The van der Waals surface area contributed by atoms with Gasteiger partial charge in [0.25, 0.3) is 0 Å². The third-order valence-corrected chi connectivity index (χ3v) is 12.1. The molecule has 4 aliphatic carbocycles. The van der Waals surface area contributed by atoms with Crippen LogP contribution in [0.5, 0.6) is 0 Å². The molecule has 4 fully saturated rings. The van der Waals surface area contributed by atoms with Crippen LogP contribution in [0.4, 0.5) is 9.59 Å². The first-order valence-corrected chi connectivity index (χ1v) is 16.2. The highest BCUT2D eigenvalue weighted by Crippen LogP contribution is 2.68. The zero-order valence-corrected chi connectivity index (χ0v) is 26.8. The van der Waals surface area contributed by atoms with E-state index in [2.05, 4.69) is 54.6 Å². The van der Waals surface area contributed by atoms with Gasteiger partial charge in [-0.15, -0.1) is 0 Å². The average molecular weight is 614 g/mol. The molecule has 11 heteroatoms. The molecular weight excluding hydrogens is 562 g/mol. The molecule has 4 saturated carbocycles. The lowest BCUT2D eigenvalue weighted by molar-refractivity contribution is -0.144. The normalized spacial score (nSPS) is 37.8. The van der Waals surface area contributed by atoms with E-state index >= 15 is 0 Å². The van der Waals surface area contributed by atoms with Gasteiger partial charge in [-0.1, -0.05) is 51.2 Å². The van der Waals surface area contributed by atoms with Crippen LogP contribution in [0.1, 0.15) is 78.6 Å². The van der Waals surface area contributed by atoms with Crippen molar-refractivity contribution in [3.63, 3.8) is 0 Å². The van der Waals surface area contributed by atoms with Crippen molar-refractivity contribution < 1.29 is 28.6 Å². The standard InChI is InChI=1S/C33H51N5O6/c1-7-15-43-30(40)35-26-18-21-17-22(37-38-34)13-14-32(21,4)25-19-27(36-31(41)44-16-8-2)33(5)23(10-11-24(33)29(25)26)20(3)9-12-28(39)42-6/h7-8,20-27,29H,1-2,9-19H2,3-6H3,(H,35,40)(H,36,41)/t20-,21+,22-,23-,24+,25+,26-,27+,29+,32+,33-/m1/s1. The predicted octanol–water partition coefficient (Wildman–Crippen LogP) is 6.69. The molecule has 0 aromatic rings. The Morgan fingerprint density at radius 2 is 1.70 bits per heavy atom. The largest absolute Gasteiger partial charge is 0.469 e. The number of alkyl carbamates (subject to hydrolysis) is 2. The summed E-state index contributed by atoms with van der Waals surface area (Å²) >= 11 is 0. The number of amides is 2. The maximum atomic E-state index is 13.1. The highest BCUT2D eigenvalue weighted by atomic mass is 16.6.